The maximum Gasteiger partial charge on any atom is 0.401 e. The SMILES string of the molecule is FC(F)(F)CN1CCC(Cn2cc(I)cn2)CC1. The molecule has 0 amide bonds. The summed E-state index contributed by atoms with van der Waals surface area (Å²) in [6.07, 6.45) is 1.30. The van der Waals surface area contributed by atoms with Crippen molar-refractivity contribution in [3.8, 4) is 0 Å². The van der Waals surface area contributed by atoms with E-state index >= 15 is 0 Å². The lowest BCUT2D eigenvalue weighted by Crippen LogP contribution is -2.40. The van der Waals surface area contributed by atoms with E-state index in [1.807, 2.05) is 10.9 Å². The van der Waals surface area contributed by atoms with Gasteiger partial charge in [-0.15, -0.1) is 0 Å². The van der Waals surface area contributed by atoms with Crippen molar-refractivity contribution in [1.82, 2.24) is 14.7 Å². The van der Waals surface area contributed by atoms with E-state index in [-0.39, 0.29) is 0 Å². The van der Waals surface area contributed by atoms with Crippen LogP contribution in [0.4, 0.5) is 13.2 Å². The van der Waals surface area contributed by atoms with Crippen LogP contribution in [0, 0.1) is 9.49 Å². The molecule has 0 radical (unpaired) electrons. The number of piperidine rings is 1. The molecule has 1 saturated heterocycles. The van der Waals surface area contributed by atoms with Crippen LogP contribution in [0.15, 0.2) is 12.4 Å². The summed E-state index contributed by atoms with van der Waals surface area (Å²) < 4.78 is 39.7. The molecule has 1 aromatic heterocycles. The Kier molecular flexibility index (Phi) is 4.52. The zero-order chi connectivity index (χ0) is 13.2. The van der Waals surface area contributed by atoms with E-state index in [4.69, 9.17) is 0 Å². The summed E-state index contributed by atoms with van der Waals surface area (Å²) in [5.74, 6) is 0.435. The normalized spacial score (nSPS) is 19.3. The Morgan fingerprint density at radius 2 is 2.00 bits per heavy atom. The van der Waals surface area contributed by atoms with Crippen molar-refractivity contribution < 1.29 is 13.2 Å². The van der Waals surface area contributed by atoms with Gasteiger partial charge in [0.25, 0.3) is 0 Å². The van der Waals surface area contributed by atoms with Gasteiger partial charge < -0.3 is 0 Å². The third-order valence-corrected chi connectivity index (χ3v) is 3.71. The van der Waals surface area contributed by atoms with E-state index in [1.165, 1.54) is 4.90 Å². The van der Waals surface area contributed by atoms with E-state index in [1.54, 1.807) is 6.20 Å². The number of alkyl halides is 3. The summed E-state index contributed by atoms with van der Waals surface area (Å²) in [6.45, 7) is 1.09. The second-order valence-electron chi connectivity index (χ2n) is 4.72. The van der Waals surface area contributed by atoms with Crippen molar-refractivity contribution in [2.24, 2.45) is 5.92 Å². The lowest BCUT2D eigenvalue weighted by atomic mass is 9.97. The van der Waals surface area contributed by atoms with Gasteiger partial charge in [0.15, 0.2) is 0 Å². The Balaban J connectivity index is 1.77. The zero-order valence-electron chi connectivity index (χ0n) is 9.83. The summed E-state index contributed by atoms with van der Waals surface area (Å²) in [6, 6.07) is 0. The summed E-state index contributed by atoms with van der Waals surface area (Å²) >= 11 is 2.20. The van der Waals surface area contributed by atoms with Crippen LogP contribution in [0.25, 0.3) is 0 Å². The molecule has 1 fully saturated rings. The molecule has 0 bridgehead atoms. The van der Waals surface area contributed by atoms with Crippen LogP contribution >= 0.6 is 22.6 Å². The second-order valence-corrected chi connectivity index (χ2v) is 5.96. The molecule has 1 aromatic rings. The minimum absolute atomic E-state index is 0.435. The van der Waals surface area contributed by atoms with Crippen LogP contribution in [-0.4, -0.2) is 40.5 Å². The van der Waals surface area contributed by atoms with Crippen molar-refractivity contribution >= 4 is 22.6 Å². The van der Waals surface area contributed by atoms with Gasteiger partial charge in [0.1, 0.15) is 0 Å². The Labute approximate surface area is 117 Å². The molecule has 7 heteroatoms. The van der Waals surface area contributed by atoms with Crippen LogP contribution < -0.4 is 0 Å². The molecule has 2 heterocycles. The minimum Gasteiger partial charge on any atom is -0.295 e. The molecule has 0 saturated carbocycles. The first-order valence-corrected chi connectivity index (χ1v) is 6.97. The summed E-state index contributed by atoms with van der Waals surface area (Å²) in [5, 5.41) is 4.20. The third-order valence-electron chi connectivity index (χ3n) is 3.16. The fraction of sp³-hybridized carbons (Fsp3) is 0.727. The number of rotatable bonds is 3. The minimum atomic E-state index is -4.08. The van der Waals surface area contributed by atoms with Gasteiger partial charge in [-0.05, 0) is 54.4 Å². The average Bonchev–Trinajstić information content (AvgIpc) is 2.65. The molecule has 2 rings (SSSR count). The van der Waals surface area contributed by atoms with Crippen molar-refractivity contribution in [3.05, 3.63) is 16.0 Å². The maximum absolute atomic E-state index is 12.2. The molecule has 1 aliphatic heterocycles. The van der Waals surface area contributed by atoms with E-state index in [0.29, 0.717) is 19.0 Å². The molecule has 0 aliphatic carbocycles. The monoisotopic (exact) mass is 373 g/mol. The average molecular weight is 373 g/mol. The number of likely N-dealkylation sites (tertiary alicyclic amines) is 1. The highest BCUT2D eigenvalue weighted by Gasteiger charge is 2.32. The second kappa shape index (κ2) is 5.77. The van der Waals surface area contributed by atoms with Gasteiger partial charge in [0.05, 0.1) is 16.3 Å². The van der Waals surface area contributed by atoms with Gasteiger partial charge in [-0.1, -0.05) is 0 Å². The van der Waals surface area contributed by atoms with Crippen LogP contribution in [0.2, 0.25) is 0 Å². The topological polar surface area (TPSA) is 21.1 Å². The van der Waals surface area contributed by atoms with Crippen molar-refractivity contribution in [3.63, 3.8) is 0 Å². The summed E-state index contributed by atoms with van der Waals surface area (Å²) in [5.41, 5.74) is 0. The number of hydrogen-bond donors (Lipinski definition) is 0. The van der Waals surface area contributed by atoms with Gasteiger partial charge in [-0.3, -0.25) is 9.58 Å². The predicted molar refractivity (Wildman–Crippen MR) is 70.2 cm³/mol. The van der Waals surface area contributed by atoms with E-state index in [2.05, 4.69) is 27.7 Å². The van der Waals surface area contributed by atoms with Crippen molar-refractivity contribution in [2.75, 3.05) is 19.6 Å². The smallest absolute Gasteiger partial charge is 0.295 e. The molecule has 0 atom stereocenters. The highest BCUT2D eigenvalue weighted by atomic mass is 127. The zero-order valence-corrected chi connectivity index (χ0v) is 12.0. The van der Waals surface area contributed by atoms with Gasteiger partial charge in [-0.25, -0.2) is 0 Å². The van der Waals surface area contributed by atoms with Crippen molar-refractivity contribution in [1.29, 1.82) is 0 Å². The van der Waals surface area contributed by atoms with E-state index in [0.717, 1.165) is 23.0 Å². The van der Waals surface area contributed by atoms with Gasteiger partial charge in [0, 0.05) is 12.7 Å². The first-order valence-electron chi connectivity index (χ1n) is 5.89. The molecule has 18 heavy (non-hydrogen) atoms. The standard InChI is InChI=1S/C11H15F3IN3/c12-11(13,14)8-17-3-1-9(2-4-17)6-18-7-10(15)5-16-18/h5,7,9H,1-4,6,8H2. The number of hydrogen-bond acceptors (Lipinski definition) is 2. The quantitative estimate of drug-likeness (QED) is 0.760. The highest BCUT2D eigenvalue weighted by molar-refractivity contribution is 14.1. The lowest BCUT2D eigenvalue weighted by molar-refractivity contribution is -0.148. The van der Waals surface area contributed by atoms with Crippen LogP contribution in [0.3, 0.4) is 0 Å². The molecule has 102 valence electrons. The van der Waals surface area contributed by atoms with Crippen LogP contribution in [0.1, 0.15) is 12.8 Å². The van der Waals surface area contributed by atoms with Crippen LogP contribution in [-0.2, 0) is 6.54 Å². The molecule has 3 nitrogen and oxygen atoms in total. The number of nitrogens with zero attached hydrogens (tertiary/aromatic N) is 3. The number of aromatic nitrogens is 2. The Morgan fingerprint density at radius 1 is 1.33 bits per heavy atom. The highest BCUT2D eigenvalue weighted by Crippen LogP contribution is 2.23. The number of halogens is 4. The largest absolute Gasteiger partial charge is 0.401 e. The fourth-order valence-corrected chi connectivity index (χ4v) is 2.73. The lowest BCUT2D eigenvalue weighted by Gasteiger charge is -2.32. The van der Waals surface area contributed by atoms with E-state index < -0.39 is 12.7 Å². The molecule has 1 aliphatic rings. The molecule has 0 aromatic carbocycles. The van der Waals surface area contributed by atoms with Crippen molar-refractivity contribution in [2.45, 2.75) is 25.6 Å². The molecule has 0 unspecified atom stereocenters. The fourth-order valence-electron chi connectivity index (χ4n) is 2.28. The van der Waals surface area contributed by atoms with Crippen LogP contribution in [0.5, 0.6) is 0 Å². The molecule has 0 N–H and O–H groups in total. The Morgan fingerprint density at radius 3 is 2.50 bits per heavy atom. The molecular weight excluding hydrogens is 358 g/mol. The van der Waals surface area contributed by atoms with Gasteiger partial charge in [0.2, 0.25) is 0 Å². The van der Waals surface area contributed by atoms with Gasteiger partial charge >= 0.3 is 6.18 Å². The third kappa shape index (κ3) is 4.42. The maximum atomic E-state index is 12.2. The predicted octanol–water partition coefficient (Wildman–Crippen LogP) is 2.76. The first-order chi connectivity index (χ1) is 8.42. The first kappa shape index (κ1) is 14.1. The summed E-state index contributed by atoms with van der Waals surface area (Å²) in [7, 11) is 0. The molecule has 0 spiro atoms. The Bertz CT molecular complexity index is 383. The van der Waals surface area contributed by atoms with Gasteiger partial charge in [-0.2, -0.15) is 18.3 Å². The Hall–Kier alpha value is -0.310. The molecular formula is C11H15F3IN3. The van der Waals surface area contributed by atoms with E-state index in [9.17, 15) is 13.2 Å². The summed E-state index contributed by atoms with van der Waals surface area (Å²) in [4.78, 5) is 1.49.